The molecule has 1 aliphatic rings. The predicted molar refractivity (Wildman–Crippen MR) is 121 cm³/mol. The van der Waals surface area contributed by atoms with Crippen molar-refractivity contribution in [2.45, 2.75) is 19.2 Å². The third-order valence-corrected chi connectivity index (χ3v) is 5.77. The maximum absolute atomic E-state index is 13.1. The Morgan fingerprint density at radius 1 is 1.00 bits per heavy atom. The van der Waals surface area contributed by atoms with Crippen LogP contribution in [0.2, 0.25) is 0 Å². The van der Waals surface area contributed by atoms with Gasteiger partial charge >= 0.3 is 0 Å². The number of aromatic nitrogens is 2. The van der Waals surface area contributed by atoms with Crippen molar-refractivity contribution < 1.29 is 14.3 Å². The van der Waals surface area contributed by atoms with E-state index < -0.39 is 6.10 Å². The molecule has 0 aliphatic carbocycles. The van der Waals surface area contributed by atoms with Gasteiger partial charge < -0.3 is 15.0 Å². The molecule has 0 bridgehead atoms. The monoisotopic (exact) mass is 426 g/mol. The number of carbonyl (C=O) groups excluding carboxylic acids is 2. The van der Waals surface area contributed by atoms with Crippen molar-refractivity contribution in [3.63, 3.8) is 0 Å². The molecular formula is C25H22N4O3. The van der Waals surface area contributed by atoms with E-state index in [1.165, 1.54) is 7.11 Å². The van der Waals surface area contributed by atoms with Crippen molar-refractivity contribution in [2.24, 2.45) is 0 Å². The number of aromatic amines is 1. The zero-order valence-electron chi connectivity index (χ0n) is 17.5. The molecule has 0 saturated heterocycles. The molecule has 5 rings (SSSR count). The summed E-state index contributed by atoms with van der Waals surface area (Å²) < 4.78 is 5.49. The van der Waals surface area contributed by atoms with Crippen LogP contribution in [0.3, 0.4) is 0 Å². The molecule has 0 radical (unpaired) electrons. The largest absolute Gasteiger partial charge is 0.367 e. The molecule has 7 heteroatoms. The van der Waals surface area contributed by atoms with Crippen molar-refractivity contribution in [3.05, 3.63) is 95.2 Å². The summed E-state index contributed by atoms with van der Waals surface area (Å²) in [6.45, 7) is 0.740. The van der Waals surface area contributed by atoms with E-state index in [0.29, 0.717) is 24.5 Å². The van der Waals surface area contributed by atoms with Crippen molar-refractivity contribution >= 4 is 28.4 Å². The van der Waals surface area contributed by atoms with Gasteiger partial charge in [-0.25, -0.2) is 0 Å². The lowest BCUT2D eigenvalue weighted by Crippen LogP contribution is -2.32. The zero-order chi connectivity index (χ0) is 22.1. The third kappa shape index (κ3) is 3.63. The van der Waals surface area contributed by atoms with E-state index in [2.05, 4.69) is 15.5 Å². The molecule has 2 N–H and O–H groups in total. The zero-order valence-corrected chi connectivity index (χ0v) is 17.5. The molecule has 0 saturated carbocycles. The van der Waals surface area contributed by atoms with E-state index in [1.54, 1.807) is 11.0 Å². The van der Waals surface area contributed by atoms with Gasteiger partial charge in [-0.15, -0.1) is 0 Å². The first-order valence-electron chi connectivity index (χ1n) is 10.4. The number of nitrogens with one attached hydrogen (secondary N) is 2. The average molecular weight is 426 g/mol. The molecule has 1 atom stereocenters. The van der Waals surface area contributed by atoms with Crippen LogP contribution in [0.4, 0.5) is 5.82 Å². The maximum Gasteiger partial charge on any atom is 0.256 e. The first kappa shape index (κ1) is 20.0. The van der Waals surface area contributed by atoms with Crippen LogP contribution in [-0.2, 0) is 22.6 Å². The van der Waals surface area contributed by atoms with Crippen LogP contribution in [0.1, 0.15) is 33.3 Å². The van der Waals surface area contributed by atoms with E-state index in [-0.39, 0.29) is 11.8 Å². The SMILES string of the molecule is CO[C@H](C(=O)N1Cc2[nH]nc(NC(=O)c3ccc4ccccc4c3)c2C1)c1ccccc1. The molecule has 0 fully saturated rings. The van der Waals surface area contributed by atoms with E-state index >= 15 is 0 Å². The Labute approximate surface area is 185 Å². The van der Waals surface area contributed by atoms with Gasteiger partial charge in [0, 0.05) is 18.2 Å². The van der Waals surface area contributed by atoms with Gasteiger partial charge in [-0.1, -0.05) is 60.7 Å². The number of anilines is 1. The minimum absolute atomic E-state index is 0.130. The van der Waals surface area contributed by atoms with Gasteiger partial charge in [-0.3, -0.25) is 14.7 Å². The van der Waals surface area contributed by atoms with Crippen LogP contribution < -0.4 is 5.32 Å². The average Bonchev–Trinajstić information content (AvgIpc) is 3.42. The van der Waals surface area contributed by atoms with Crippen LogP contribution in [-0.4, -0.2) is 34.0 Å². The standard InChI is InChI=1S/C25H22N4O3/c1-32-22(17-8-3-2-4-9-17)25(31)29-14-20-21(15-29)27-28-23(20)26-24(30)19-12-11-16-7-5-6-10-18(16)13-19/h2-13,22H,14-15H2,1H3,(H2,26,27,28,30)/t22-/m0/s1. The lowest BCUT2D eigenvalue weighted by Gasteiger charge is -2.22. The summed E-state index contributed by atoms with van der Waals surface area (Å²) in [5, 5.41) is 12.2. The number of carbonyl (C=O) groups is 2. The van der Waals surface area contributed by atoms with Gasteiger partial charge in [0.15, 0.2) is 11.9 Å². The Hall–Kier alpha value is -3.97. The summed E-state index contributed by atoms with van der Waals surface area (Å²) in [5.41, 5.74) is 2.99. The molecule has 0 unspecified atom stereocenters. The molecule has 32 heavy (non-hydrogen) atoms. The molecule has 4 aromatic rings. The maximum atomic E-state index is 13.1. The highest BCUT2D eigenvalue weighted by Gasteiger charge is 2.33. The van der Waals surface area contributed by atoms with E-state index in [0.717, 1.165) is 27.6 Å². The highest BCUT2D eigenvalue weighted by Crippen LogP contribution is 2.30. The summed E-state index contributed by atoms with van der Waals surface area (Å²) in [5.74, 6) is 0.0751. The summed E-state index contributed by atoms with van der Waals surface area (Å²) in [7, 11) is 1.53. The highest BCUT2D eigenvalue weighted by molar-refractivity contribution is 6.06. The Kier molecular flexibility index (Phi) is 5.17. The highest BCUT2D eigenvalue weighted by atomic mass is 16.5. The Morgan fingerprint density at radius 2 is 1.75 bits per heavy atom. The van der Waals surface area contributed by atoms with E-state index in [9.17, 15) is 9.59 Å². The number of benzene rings is 3. The number of rotatable bonds is 5. The molecule has 160 valence electrons. The second kappa shape index (κ2) is 8.28. The normalized spacial score (nSPS) is 13.7. The quantitative estimate of drug-likeness (QED) is 0.504. The van der Waals surface area contributed by atoms with Gasteiger partial charge in [0.25, 0.3) is 11.8 Å². The number of nitrogens with zero attached hydrogens (tertiary/aromatic N) is 2. The molecule has 2 heterocycles. The molecular weight excluding hydrogens is 404 g/mol. The number of ether oxygens (including phenoxy) is 1. The lowest BCUT2D eigenvalue weighted by molar-refractivity contribution is -0.143. The number of H-pyrrole nitrogens is 1. The first-order valence-corrected chi connectivity index (χ1v) is 10.4. The summed E-state index contributed by atoms with van der Waals surface area (Å²) in [6, 6.07) is 22.9. The van der Waals surface area contributed by atoms with Gasteiger partial charge in [0.1, 0.15) is 0 Å². The molecule has 3 aromatic carbocycles. The van der Waals surface area contributed by atoms with E-state index in [1.807, 2.05) is 66.7 Å². The topological polar surface area (TPSA) is 87.3 Å². The van der Waals surface area contributed by atoms with Crippen molar-refractivity contribution in [1.29, 1.82) is 0 Å². The van der Waals surface area contributed by atoms with Crippen molar-refractivity contribution in [1.82, 2.24) is 15.1 Å². The van der Waals surface area contributed by atoms with Gasteiger partial charge in [-0.2, -0.15) is 5.10 Å². The number of fused-ring (bicyclic) bond motifs is 2. The number of hydrogen-bond donors (Lipinski definition) is 2. The number of hydrogen-bond acceptors (Lipinski definition) is 4. The minimum atomic E-state index is -0.677. The first-order chi connectivity index (χ1) is 15.6. The van der Waals surface area contributed by atoms with Crippen molar-refractivity contribution in [3.8, 4) is 0 Å². The summed E-state index contributed by atoms with van der Waals surface area (Å²) in [4.78, 5) is 27.7. The van der Waals surface area contributed by atoms with Crippen LogP contribution in [0.5, 0.6) is 0 Å². The smallest absolute Gasteiger partial charge is 0.256 e. The number of methoxy groups -OCH3 is 1. The summed E-state index contributed by atoms with van der Waals surface area (Å²) >= 11 is 0. The molecule has 0 spiro atoms. The molecule has 1 aliphatic heterocycles. The fourth-order valence-corrected chi connectivity index (χ4v) is 4.08. The Balaban J connectivity index is 1.32. The van der Waals surface area contributed by atoms with Crippen LogP contribution in [0.25, 0.3) is 10.8 Å². The lowest BCUT2D eigenvalue weighted by atomic mass is 10.1. The minimum Gasteiger partial charge on any atom is -0.367 e. The summed E-state index contributed by atoms with van der Waals surface area (Å²) in [6.07, 6.45) is -0.677. The Morgan fingerprint density at radius 3 is 2.53 bits per heavy atom. The van der Waals surface area contributed by atoms with Crippen molar-refractivity contribution in [2.75, 3.05) is 12.4 Å². The fraction of sp³-hybridized carbons (Fsp3) is 0.160. The molecule has 7 nitrogen and oxygen atoms in total. The molecule has 2 amide bonds. The van der Waals surface area contributed by atoms with Crippen LogP contribution in [0, 0.1) is 0 Å². The van der Waals surface area contributed by atoms with Crippen LogP contribution >= 0.6 is 0 Å². The second-order valence-corrected chi connectivity index (χ2v) is 7.77. The third-order valence-electron chi connectivity index (χ3n) is 5.77. The number of amides is 2. The van der Waals surface area contributed by atoms with Crippen LogP contribution in [0.15, 0.2) is 72.8 Å². The van der Waals surface area contributed by atoms with Gasteiger partial charge in [0.2, 0.25) is 0 Å². The van der Waals surface area contributed by atoms with Gasteiger partial charge in [0.05, 0.1) is 18.8 Å². The Bertz CT molecular complexity index is 1300. The predicted octanol–water partition coefficient (Wildman–Crippen LogP) is 4.05. The molecule has 1 aromatic heterocycles. The van der Waals surface area contributed by atoms with Gasteiger partial charge in [-0.05, 0) is 28.5 Å². The second-order valence-electron chi connectivity index (χ2n) is 7.77. The van der Waals surface area contributed by atoms with E-state index in [4.69, 9.17) is 4.74 Å². The fourth-order valence-electron chi connectivity index (χ4n) is 4.08.